The van der Waals surface area contributed by atoms with Crippen molar-refractivity contribution in [2.75, 3.05) is 18.0 Å². The Hall–Kier alpha value is -2.77. The van der Waals surface area contributed by atoms with E-state index in [0.29, 0.717) is 12.5 Å². The molecule has 24 heavy (non-hydrogen) atoms. The van der Waals surface area contributed by atoms with E-state index in [1.807, 2.05) is 0 Å². The Labute approximate surface area is 139 Å². The van der Waals surface area contributed by atoms with E-state index in [9.17, 15) is 9.59 Å². The fourth-order valence-electron chi connectivity index (χ4n) is 2.62. The number of hydrogen-bond donors (Lipinski definition) is 1. The predicted octanol–water partition coefficient (Wildman–Crippen LogP) is 0.340. The average molecular weight is 328 g/mol. The third-order valence-corrected chi connectivity index (χ3v) is 3.88. The molecule has 8 nitrogen and oxygen atoms in total. The number of carbonyl (C=O) groups is 1. The predicted molar refractivity (Wildman–Crippen MR) is 88.4 cm³/mol. The van der Waals surface area contributed by atoms with Gasteiger partial charge in [-0.2, -0.15) is 5.10 Å². The number of carbonyl (C=O) groups excluding carboxylic acids is 1. The van der Waals surface area contributed by atoms with Gasteiger partial charge in [0.15, 0.2) is 0 Å². The molecule has 0 atom stereocenters. The Morgan fingerprint density at radius 2 is 2.00 bits per heavy atom. The summed E-state index contributed by atoms with van der Waals surface area (Å²) < 4.78 is 1.12. The molecule has 0 aliphatic carbocycles. The summed E-state index contributed by atoms with van der Waals surface area (Å²) in [6, 6.07) is 4.69. The summed E-state index contributed by atoms with van der Waals surface area (Å²) in [4.78, 5) is 34.5. The van der Waals surface area contributed by atoms with Gasteiger partial charge in [0.2, 0.25) is 11.9 Å². The van der Waals surface area contributed by atoms with Gasteiger partial charge in [0, 0.05) is 31.5 Å². The quantitative estimate of drug-likeness (QED) is 0.851. The van der Waals surface area contributed by atoms with Crippen molar-refractivity contribution < 1.29 is 4.79 Å². The van der Waals surface area contributed by atoms with Gasteiger partial charge in [-0.3, -0.25) is 9.59 Å². The minimum Gasteiger partial charge on any atom is -0.349 e. The van der Waals surface area contributed by atoms with E-state index in [2.05, 4.69) is 25.3 Å². The number of nitrogens with one attached hydrogen (secondary N) is 1. The molecule has 1 fully saturated rings. The molecule has 1 aliphatic rings. The Balaban J connectivity index is 1.57. The van der Waals surface area contributed by atoms with Crippen molar-refractivity contribution in [3.8, 4) is 0 Å². The highest BCUT2D eigenvalue weighted by molar-refractivity contribution is 5.75. The second-order valence-electron chi connectivity index (χ2n) is 5.69. The van der Waals surface area contributed by atoms with E-state index >= 15 is 0 Å². The number of amides is 1. The van der Waals surface area contributed by atoms with E-state index < -0.39 is 0 Å². The molecule has 2 aromatic heterocycles. The van der Waals surface area contributed by atoms with E-state index in [4.69, 9.17) is 0 Å². The normalized spacial score (nSPS) is 14.4. The molecule has 0 aromatic carbocycles. The first-order valence-electron chi connectivity index (χ1n) is 8.08. The highest BCUT2D eigenvalue weighted by Crippen LogP contribution is 2.15. The fraction of sp³-hybridized carbons (Fsp3) is 0.438. The fourth-order valence-corrected chi connectivity index (χ4v) is 2.62. The molecule has 3 heterocycles. The second kappa shape index (κ2) is 7.67. The zero-order chi connectivity index (χ0) is 16.8. The molecule has 8 heteroatoms. The lowest BCUT2D eigenvalue weighted by Crippen LogP contribution is -2.33. The molecule has 1 N–H and O–H groups in total. The summed E-state index contributed by atoms with van der Waals surface area (Å²) in [5, 5.41) is 6.62. The van der Waals surface area contributed by atoms with Gasteiger partial charge in [0.05, 0.1) is 12.2 Å². The zero-order valence-electron chi connectivity index (χ0n) is 13.4. The van der Waals surface area contributed by atoms with Crippen molar-refractivity contribution in [3.63, 3.8) is 0 Å². The number of piperidine rings is 1. The number of aromatic nitrogens is 4. The standard InChI is InChI=1S/C16H20N6O2/c23-14(12-22-15(24)5-4-7-19-22)18-11-13-6-8-17-16(20-13)21-9-2-1-3-10-21/h4-8H,1-3,9-12H2,(H,18,23). The van der Waals surface area contributed by atoms with Crippen LogP contribution in [0, 0.1) is 0 Å². The Morgan fingerprint density at radius 1 is 1.17 bits per heavy atom. The van der Waals surface area contributed by atoms with Crippen LogP contribution < -0.4 is 15.8 Å². The van der Waals surface area contributed by atoms with E-state index in [1.54, 1.807) is 18.3 Å². The zero-order valence-corrected chi connectivity index (χ0v) is 13.4. The lowest BCUT2D eigenvalue weighted by atomic mass is 10.1. The van der Waals surface area contributed by atoms with Gasteiger partial charge in [-0.25, -0.2) is 14.6 Å². The van der Waals surface area contributed by atoms with Crippen molar-refractivity contribution in [1.29, 1.82) is 0 Å². The number of anilines is 1. The number of nitrogens with zero attached hydrogens (tertiary/aromatic N) is 5. The first-order valence-corrected chi connectivity index (χ1v) is 8.08. The Morgan fingerprint density at radius 3 is 2.79 bits per heavy atom. The minimum absolute atomic E-state index is 0.107. The van der Waals surface area contributed by atoms with Crippen LogP contribution in [-0.2, 0) is 17.9 Å². The van der Waals surface area contributed by atoms with Gasteiger partial charge in [0.1, 0.15) is 6.54 Å². The Bertz CT molecular complexity index is 754. The van der Waals surface area contributed by atoms with Crippen LogP contribution in [0.5, 0.6) is 0 Å². The highest BCUT2D eigenvalue weighted by Gasteiger charge is 2.14. The molecular formula is C16H20N6O2. The molecule has 0 unspecified atom stereocenters. The maximum atomic E-state index is 12.0. The first-order chi connectivity index (χ1) is 11.7. The lowest BCUT2D eigenvalue weighted by Gasteiger charge is -2.26. The van der Waals surface area contributed by atoms with Crippen LogP contribution in [0.25, 0.3) is 0 Å². The van der Waals surface area contributed by atoms with Crippen molar-refractivity contribution in [2.24, 2.45) is 0 Å². The van der Waals surface area contributed by atoms with Crippen LogP contribution in [0.3, 0.4) is 0 Å². The smallest absolute Gasteiger partial charge is 0.267 e. The third-order valence-electron chi connectivity index (χ3n) is 3.88. The van der Waals surface area contributed by atoms with Crippen LogP contribution >= 0.6 is 0 Å². The van der Waals surface area contributed by atoms with E-state index in [-0.39, 0.29) is 18.0 Å². The maximum absolute atomic E-state index is 12.0. The SMILES string of the molecule is O=C(Cn1ncccc1=O)NCc1ccnc(N2CCCCC2)n1. The van der Waals surface area contributed by atoms with E-state index in [1.165, 1.54) is 18.7 Å². The van der Waals surface area contributed by atoms with E-state index in [0.717, 1.165) is 36.3 Å². The summed E-state index contributed by atoms with van der Waals surface area (Å²) in [5.41, 5.74) is 0.439. The topological polar surface area (TPSA) is 93.0 Å². The van der Waals surface area contributed by atoms with Gasteiger partial charge in [-0.15, -0.1) is 0 Å². The molecule has 1 aliphatic heterocycles. The summed E-state index contributed by atoms with van der Waals surface area (Å²) in [7, 11) is 0. The van der Waals surface area contributed by atoms with Gasteiger partial charge >= 0.3 is 0 Å². The molecule has 2 aromatic rings. The van der Waals surface area contributed by atoms with Crippen LogP contribution in [-0.4, -0.2) is 38.7 Å². The number of hydrogen-bond acceptors (Lipinski definition) is 6. The van der Waals surface area contributed by atoms with Crippen LogP contribution in [0.2, 0.25) is 0 Å². The molecule has 126 valence electrons. The second-order valence-corrected chi connectivity index (χ2v) is 5.69. The molecule has 1 amide bonds. The molecular weight excluding hydrogens is 308 g/mol. The molecule has 0 bridgehead atoms. The lowest BCUT2D eigenvalue weighted by molar-refractivity contribution is -0.122. The van der Waals surface area contributed by atoms with Crippen LogP contribution in [0.4, 0.5) is 5.95 Å². The van der Waals surface area contributed by atoms with Gasteiger partial charge in [-0.05, 0) is 31.4 Å². The van der Waals surface area contributed by atoms with Crippen molar-refractivity contribution in [2.45, 2.75) is 32.4 Å². The summed E-state index contributed by atoms with van der Waals surface area (Å²) >= 11 is 0. The van der Waals surface area contributed by atoms with Crippen molar-refractivity contribution in [1.82, 2.24) is 25.1 Å². The minimum atomic E-state index is -0.304. The third kappa shape index (κ3) is 4.15. The summed E-state index contributed by atoms with van der Waals surface area (Å²) in [5.74, 6) is 0.427. The summed E-state index contributed by atoms with van der Waals surface area (Å²) in [6.45, 7) is 2.13. The largest absolute Gasteiger partial charge is 0.349 e. The molecule has 3 rings (SSSR count). The van der Waals surface area contributed by atoms with Crippen molar-refractivity contribution >= 4 is 11.9 Å². The molecule has 1 saturated heterocycles. The molecule has 0 spiro atoms. The highest BCUT2D eigenvalue weighted by atomic mass is 16.2. The monoisotopic (exact) mass is 328 g/mol. The van der Waals surface area contributed by atoms with Crippen LogP contribution in [0.15, 0.2) is 35.4 Å². The average Bonchev–Trinajstić information content (AvgIpc) is 2.63. The van der Waals surface area contributed by atoms with Crippen LogP contribution in [0.1, 0.15) is 25.0 Å². The Kier molecular flexibility index (Phi) is 5.15. The van der Waals surface area contributed by atoms with Crippen molar-refractivity contribution in [3.05, 3.63) is 46.6 Å². The van der Waals surface area contributed by atoms with Gasteiger partial charge in [0.25, 0.3) is 5.56 Å². The summed E-state index contributed by atoms with van der Waals surface area (Å²) in [6.07, 6.45) is 6.75. The maximum Gasteiger partial charge on any atom is 0.267 e. The first kappa shape index (κ1) is 16.1. The number of rotatable bonds is 5. The molecule has 0 saturated carbocycles. The van der Waals surface area contributed by atoms with Gasteiger partial charge in [-0.1, -0.05) is 0 Å². The van der Waals surface area contributed by atoms with Gasteiger partial charge < -0.3 is 10.2 Å². The molecule has 0 radical (unpaired) electrons.